The lowest BCUT2D eigenvalue weighted by atomic mass is 9.93. The first-order valence-electron chi connectivity index (χ1n) is 10.9. The fourth-order valence-electron chi connectivity index (χ4n) is 3.07. The monoisotopic (exact) mass is 465 g/mol. The Morgan fingerprint density at radius 3 is 2.03 bits per heavy atom. The second-order valence-electron chi connectivity index (χ2n) is 10.3. The van der Waals surface area contributed by atoms with E-state index in [1.165, 1.54) is 0 Å². The third kappa shape index (κ3) is 7.17. The number of aliphatic hydroxyl groups excluding tert-OH is 2. The van der Waals surface area contributed by atoms with E-state index in [9.17, 15) is 24.6 Å². The lowest BCUT2D eigenvalue weighted by Crippen LogP contribution is -2.65. The number of piperidine rings is 1. The lowest BCUT2D eigenvalue weighted by molar-refractivity contribution is -0.188. The molecular formula is C24H35NO8. The number of aliphatic hydroxyl groups is 2. The molecule has 4 atom stereocenters. The number of hydrogen-bond acceptors (Lipinski definition) is 8. The van der Waals surface area contributed by atoms with Gasteiger partial charge in [-0.25, -0.2) is 4.79 Å². The largest absolute Gasteiger partial charge is 0.463 e. The van der Waals surface area contributed by atoms with Crippen LogP contribution >= 0.6 is 0 Å². The summed E-state index contributed by atoms with van der Waals surface area (Å²) in [4.78, 5) is 38.7. The number of benzene rings is 1. The predicted molar refractivity (Wildman–Crippen MR) is 119 cm³/mol. The van der Waals surface area contributed by atoms with E-state index in [0.29, 0.717) is 0 Å². The minimum Gasteiger partial charge on any atom is -0.463 e. The summed E-state index contributed by atoms with van der Waals surface area (Å²) in [5.74, 6) is -1.11. The molecule has 0 aliphatic carbocycles. The summed E-state index contributed by atoms with van der Waals surface area (Å²) in [5.41, 5.74) is -0.876. The molecule has 1 aromatic carbocycles. The average molecular weight is 466 g/mol. The molecule has 9 heteroatoms. The predicted octanol–water partition coefficient (Wildman–Crippen LogP) is 2.28. The van der Waals surface area contributed by atoms with Crippen molar-refractivity contribution in [2.45, 2.75) is 72.5 Å². The molecule has 0 unspecified atom stereocenters. The van der Waals surface area contributed by atoms with E-state index in [4.69, 9.17) is 14.2 Å². The van der Waals surface area contributed by atoms with Crippen LogP contribution < -0.4 is 0 Å². The molecule has 1 aromatic rings. The van der Waals surface area contributed by atoms with Crippen LogP contribution in [0.1, 0.15) is 47.1 Å². The van der Waals surface area contributed by atoms with Crippen LogP contribution in [0.3, 0.4) is 0 Å². The van der Waals surface area contributed by atoms with Gasteiger partial charge in [-0.2, -0.15) is 0 Å². The van der Waals surface area contributed by atoms with Gasteiger partial charge in [-0.1, -0.05) is 30.3 Å². The minimum atomic E-state index is -1.53. The first-order chi connectivity index (χ1) is 15.2. The summed E-state index contributed by atoms with van der Waals surface area (Å²) in [6.07, 6.45) is -4.98. The molecule has 9 nitrogen and oxygen atoms in total. The van der Waals surface area contributed by atoms with E-state index >= 15 is 0 Å². The molecule has 2 rings (SSSR count). The van der Waals surface area contributed by atoms with Gasteiger partial charge in [0.05, 0.1) is 23.4 Å². The van der Waals surface area contributed by atoms with Gasteiger partial charge in [-0.3, -0.25) is 14.5 Å². The van der Waals surface area contributed by atoms with Crippen LogP contribution in [0.15, 0.2) is 30.3 Å². The van der Waals surface area contributed by atoms with Crippen molar-refractivity contribution < 1.29 is 38.8 Å². The van der Waals surface area contributed by atoms with Gasteiger partial charge in [0.1, 0.15) is 31.5 Å². The van der Waals surface area contributed by atoms with Crippen LogP contribution in [0.5, 0.6) is 0 Å². The molecule has 1 heterocycles. The van der Waals surface area contributed by atoms with Crippen molar-refractivity contribution in [3.05, 3.63) is 35.9 Å². The summed E-state index contributed by atoms with van der Waals surface area (Å²) < 4.78 is 16.1. The van der Waals surface area contributed by atoms with Gasteiger partial charge in [-0.05, 0) is 47.1 Å². The highest BCUT2D eigenvalue weighted by molar-refractivity contribution is 5.76. The Balaban J connectivity index is 2.20. The molecular weight excluding hydrogens is 430 g/mol. The standard InChI is InChI=1S/C24H35NO8/c1-23(2,3)20(28)31-14-16-18(26)19(27)17(33-21(29)24(4,5)6)12-25(16)22(30)32-13-15-10-8-7-9-11-15/h7-11,16-19,26-27H,12-14H2,1-6H3/t16-,17-,18-,19-/m1/s1. The highest BCUT2D eigenvalue weighted by atomic mass is 16.6. The van der Waals surface area contributed by atoms with Crippen molar-refractivity contribution in [3.8, 4) is 0 Å². The molecule has 0 saturated carbocycles. The van der Waals surface area contributed by atoms with E-state index < -0.39 is 53.2 Å². The van der Waals surface area contributed by atoms with Crippen LogP contribution in [0.25, 0.3) is 0 Å². The van der Waals surface area contributed by atoms with Gasteiger partial charge >= 0.3 is 18.0 Å². The first-order valence-corrected chi connectivity index (χ1v) is 10.9. The smallest absolute Gasteiger partial charge is 0.410 e. The highest BCUT2D eigenvalue weighted by Crippen LogP contribution is 2.26. The SMILES string of the molecule is CC(C)(C)C(=O)OC[C@@H]1[C@@H](O)[C@H](O)[C@H](OC(=O)C(C)(C)C)CN1C(=O)OCc1ccccc1. The fourth-order valence-corrected chi connectivity index (χ4v) is 3.07. The molecule has 0 aromatic heterocycles. The number of ether oxygens (including phenoxy) is 3. The van der Waals surface area contributed by atoms with Gasteiger partial charge in [0.25, 0.3) is 0 Å². The average Bonchev–Trinajstić information content (AvgIpc) is 2.73. The maximum absolute atomic E-state index is 12.9. The number of hydrogen-bond donors (Lipinski definition) is 2. The van der Waals surface area contributed by atoms with Crippen molar-refractivity contribution in [1.82, 2.24) is 4.90 Å². The molecule has 1 fully saturated rings. The third-order valence-corrected chi connectivity index (χ3v) is 5.21. The second kappa shape index (κ2) is 10.5. The molecule has 184 valence electrons. The van der Waals surface area contributed by atoms with Gasteiger partial charge in [0.2, 0.25) is 0 Å². The Hall–Kier alpha value is -2.65. The van der Waals surface area contributed by atoms with Crippen molar-refractivity contribution in [3.63, 3.8) is 0 Å². The zero-order valence-electron chi connectivity index (χ0n) is 20.1. The maximum Gasteiger partial charge on any atom is 0.410 e. The van der Waals surface area contributed by atoms with E-state index in [2.05, 4.69) is 0 Å². The molecule has 1 aliphatic rings. The zero-order valence-corrected chi connectivity index (χ0v) is 20.1. The van der Waals surface area contributed by atoms with Crippen LogP contribution in [0.4, 0.5) is 4.79 Å². The number of likely N-dealkylation sites (tertiary alicyclic amines) is 1. The van der Waals surface area contributed by atoms with Crippen LogP contribution in [-0.4, -0.2) is 70.7 Å². The minimum absolute atomic E-state index is 0.0181. The number of amides is 1. The summed E-state index contributed by atoms with van der Waals surface area (Å²) in [6, 6.07) is 7.94. The van der Waals surface area contributed by atoms with Gasteiger partial charge in [0.15, 0.2) is 0 Å². The number of carbonyl (C=O) groups is 3. The first kappa shape index (κ1) is 26.6. The second-order valence-corrected chi connectivity index (χ2v) is 10.3. The van der Waals surface area contributed by atoms with Crippen LogP contribution in [-0.2, 0) is 30.4 Å². The summed E-state index contributed by atoms with van der Waals surface area (Å²) in [5, 5.41) is 21.4. The quantitative estimate of drug-likeness (QED) is 0.502. The van der Waals surface area contributed by atoms with E-state index in [-0.39, 0.29) is 19.8 Å². The zero-order chi connectivity index (χ0) is 25.0. The molecule has 1 amide bonds. The summed E-state index contributed by atoms with van der Waals surface area (Å²) in [6.45, 7) is 9.39. The van der Waals surface area contributed by atoms with Gasteiger partial charge < -0.3 is 24.4 Å². The van der Waals surface area contributed by atoms with Crippen molar-refractivity contribution in [2.75, 3.05) is 13.2 Å². The molecule has 1 saturated heterocycles. The van der Waals surface area contributed by atoms with Crippen molar-refractivity contribution in [2.24, 2.45) is 10.8 Å². The van der Waals surface area contributed by atoms with E-state index in [1.54, 1.807) is 65.8 Å². The van der Waals surface area contributed by atoms with Gasteiger partial charge in [-0.15, -0.1) is 0 Å². The molecule has 2 N–H and O–H groups in total. The van der Waals surface area contributed by atoms with Gasteiger partial charge in [0, 0.05) is 0 Å². The Morgan fingerprint density at radius 2 is 1.48 bits per heavy atom. The summed E-state index contributed by atoms with van der Waals surface area (Å²) in [7, 11) is 0. The van der Waals surface area contributed by atoms with Crippen molar-refractivity contribution in [1.29, 1.82) is 0 Å². The number of carbonyl (C=O) groups excluding carboxylic acids is 3. The Bertz CT molecular complexity index is 827. The van der Waals surface area contributed by atoms with Crippen LogP contribution in [0, 0.1) is 10.8 Å². The Labute approximate surface area is 194 Å². The van der Waals surface area contributed by atoms with Crippen LogP contribution in [0.2, 0.25) is 0 Å². The molecule has 1 aliphatic heterocycles. The summed E-state index contributed by atoms with van der Waals surface area (Å²) >= 11 is 0. The third-order valence-electron chi connectivity index (χ3n) is 5.21. The molecule has 33 heavy (non-hydrogen) atoms. The number of rotatable bonds is 5. The number of esters is 2. The van der Waals surface area contributed by atoms with Crippen molar-refractivity contribution >= 4 is 18.0 Å². The lowest BCUT2D eigenvalue weighted by Gasteiger charge is -2.44. The van der Waals surface area contributed by atoms with E-state index in [1.807, 2.05) is 6.07 Å². The maximum atomic E-state index is 12.9. The molecule has 0 spiro atoms. The normalized spacial score (nSPS) is 23.6. The fraction of sp³-hybridized carbons (Fsp3) is 0.625. The topological polar surface area (TPSA) is 123 Å². The Kier molecular flexibility index (Phi) is 8.48. The molecule has 0 bridgehead atoms. The highest BCUT2D eigenvalue weighted by Gasteiger charge is 2.48. The van der Waals surface area contributed by atoms with E-state index in [0.717, 1.165) is 10.5 Å². The Morgan fingerprint density at radius 1 is 0.909 bits per heavy atom. The number of nitrogens with zero attached hydrogens (tertiary/aromatic N) is 1. The molecule has 0 radical (unpaired) electrons.